The number of rotatable bonds is 9. The first-order chi connectivity index (χ1) is 14.6. The Bertz CT molecular complexity index is 771. The van der Waals surface area contributed by atoms with Gasteiger partial charge in [0.2, 0.25) is 0 Å². The molecule has 1 fully saturated rings. The van der Waals surface area contributed by atoms with Crippen molar-refractivity contribution < 1.29 is 0 Å². The van der Waals surface area contributed by atoms with Crippen molar-refractivity contribution in [3.63, 3.8) is 0 Å². The first kappa shape index (κ1) is 26.1. The number of piperidine rings is 1. The molecule has 0 amide bonds. The van der Waals surface area contributed by atoms with E-state index in [1.54, 1.807) is 11.3 Å². The second-order valence-corrected chi connectivity index (χ2v) is 9.43. The summed E-state index contributed by atoms with van der Waals surface area (Å²) in [7, 11) is 0. The van der Waals surface area contributed by atoms with Crippen LogP contribution < -0.4 is 10.6 Å². The summed E-state index contributed by atoms with van der Waals surface area (Å²) in [5.41, 5.74) is 2.62. The van der Waals surface area contributed by atoms with Gasteiger partial charge >= 0.3 is 0 Å². The third kappa shape index (κ3) is 9.45. The normalized spacial score (nSPS) is 16.5. The van der Waals surface area contributed by atoms with E-state index in [0.29, 0.717) is 12.0 Å². The third-order valence-electron chi connectivity index (χ3n) is 5.70. The molecule has 7 heteroatoms. The van der Waals surface area contributed by atoms with E-state index in [9.17, 15) is 0 Å². The van der Waals surface area contributed by atoms with Crippen LogP contribution in [0.1, 0.15) is 49.4 Å². The van der Waals surface area contributed by atoms with E-state index in [1.807, 2.05) is 0 Å². The van der Waals surface area contributed by atoms with Gasteiger partial charge in [0, 0.05) is 31.1 Å². The predicted molar refractivity (Wildman–Crippen MR) is 144 cm³/mol. The largest absolute Gasteiger partial charge is 0.357 e. The summed E-state index contributed by atoms with van der Waals surface area (Å²) in [6.07, 6.45) is 4.62. The van der Waals surface area contributed by atoms with Crippen molar-refractivity contribution >= 4 is 41.3 Å². The van der Waals surface area contributed by atoms with Gasteiger partial charge in [-0.05, 0) is 71.0 Å². The molecule has 1 unspecified atom stereocenters. The predicted octanol–water partition coefficient (Wildman–Crippen LogP) is 4.86. The molecule has 0 saturated carbocycles. The van der Waals surface area contributed by atoms with Gasteiger partial charge in [-0.25, -0.2) is 4.98 Å². The van der Waals surface area contributed by atoms with E-state index >= 15 is 0 Å². The SMILES string of the molecule is CCNC(=NCC1CCN(Cc2csc(C)n2)CC1)NC(C)CCc1ccccc1.I. The maximum Gasteiger partial charge on any atom is 0.191 e. The second kappa shape index (κ2) is 14.1. The number of guanidine groups is 1. The number of aryl methyl sites for hydroxylation is 2. The molecule has 2 heterocycles. The average Bonchev–Trinajstić information content (AvgIpc) is 3.17. The lowest BCUT2D eigenvalue weighted by Crippen LogP contribution is -2.43. The summed E-state index contributed by atoms with van der Waals surface area (Å²) in [5, 5.41) is 10.4. The van der Waals surface area contributed by atoms with Gasteiger partial charge in [0.05, 0.1) is 10.7 Å². The van der Waals surface area contributed by atoms with E-state index in [-0.39, 0.29) is 24.0 Å². The van der Waals surface area contributed by atoms with E-state index in [1.165, 1.54) is 24.1 Å². The Hall–Kier alpha value is -1.19. The molecule has 172 valence electrons. The lowest BCUT2D eigenvalue weighted by atomic mass is 9.97. The van der Waals surface area contributed by atoms with Gasteiger partial charge in [-0.2, -0.15) is 0 Å². The Morgan fingerprint density at radius 2 is 2.00 bits per heavy atom. The van der Waals surface area contributed by atoms with Gasteiger partial charge in [0.25, 0.3) is 0 Å². The van der Waals surface area contributed by atoms with Crippen molar-refractivity contribution in [2.24, 2.45) is 10.9 Å². The summed E-state index contributed by atoms with van der Waals surface area (Å²) in [5.74, 6) is 1.63. The number of nitrogens with zero attached hydrogens (tertiary/aromatic N) is 3. The molecule has 0 spiro atoms. The Morgan fingerprint density at radius 3 is 2.65 bits per heavy atom. The molecule has 3 rings (SSSR count). The molecule has 1 saturated heterocycles. The Balaban J connectivity index is 0.00000341. The quantitative estimate of drug-likeness (QED) is 0.264. The van der Waals surface area contributed by atoms with Crippen molar-refractivity contribution in [3.8, 4) is 0 Å². The fourth-order valence-electron chi connectivity index (χ4n) is 3.91. The molecule has 31 heavy (non-hydrogen) atoms. The maximum absolute atomic E-state index is 4.91. The minimum Gasteiger partial charge on any atom is -0.357 e. The van der Waals surface area contributed by atoms with Crippen LogP contribution in [0.3, 0.4) is 0 Å². The number of aliphatic imine (C=N–C) groups is 1. The number of thiazole rings is 1. The first-order valence-electron chi connectivity index (χ1n) is 11.3. The van der Waals surface area contributed by atoms with Crippen molar-refractivity contribution in [2.45, 2.75) is 59.0 Å². The van der Waals surface area contributed by atoms with Crippen molar-refractivity contribution in [3.05, 3.63) is 52.0 Å². The monoisotopic (exact) mass is 555 g/mol. The summed E-state index contributed by atoms with van der Waals surface area (Å²) >= 11 is 1.75. The highest BCUT2D eigenvalue weighted by molar-refractivity contribution is 14.0. The number of hydrogen-bond acceptors (Lipinski definition) is 4. The minimum atomic E-state index is 0. The second-order valence-electron chi connectivity index (χ2n) is 8.37. The maximum atomic E-state index is 4.91. The standard InChI is InChI=1S/C24H37N5S.HI/c1-4-25-24(27-19(2)10-11-21-8-6-5-7-9-21)26-16-22-12-14-29(15-13-22)17-23-18-30-20(3)28-23;/h5-9,18-19,22H,4,10-17H2,1-3H3,(H2,25,26,27);1H. The van der Waals surface area contributed by atoms with Gasteiger partial charge < -0.3 is 10.6 Å². The lowest BCUT2D eigenvalue weighted by molar-refractivity contribution is 0.179. The van der Waals surface area contributed by atoms with E-state index < -0.39 is 0 Å². The molecule has 1 atom stereocenters. The molecule has 0 bridgehead atoms. The molecule has 2 N–H and O–H groups in total. The van der Waals surface area contributed by atoms with Crippen molar-refractivity contribution in [2.75, 3.05) is 26.2 Å². The van der Waals surface area contributed by atoms with Gasteiger partial charge in [-0.3, -0.25) is 9.89 Å². The van der Waals surface area contributed by atoms with E-state index in [4.69, 9.17) is 4.99 Å². The van der Waals surface area contributed by atoms with Crippen LogP contribution in [0.5, 0.6) is 0 Å². The number of aromatic nitrogens is 1. The first-order valence-corrected chi connectivity index (χ1v) is 12.2. The number of halogens is 1. The highest BCUT2D eigenvalue weighted by Gasteiger charge is 2.20. The van der Waals surface area contributed by atoms with Crippen molar-refractivity contribution in [1.29, 1.82) is 0 Å². The van der Waals surface area contributed by atoms with E-state index in [0.717, 1.165) is 56.5 Å². The Labute approximate surface area is 209 Å². The fourth-order valence-corrected chi connectivity index (χ4v) is 4.51. The average molecular weight is 556 g/mol. The van der Waals surface area contributed by atoms with Gasteiger partial charge in [-0.1, -0.05) is 30.3 Å². The third-order valence-corrected chi connectivity index (χ3v) is 6.53. The van der Waals surface area contributed by atoms with E-state index in [2.05, 4.69) is 77.0 Å². The minimum absolute atomic E-state index is 0. The highest BCUT2D eigenvalue weighted by Crippen LogP contribution is 2.20. The van der Waals surface area contributed by atoms with Crippen LogP contribution in [0.2, 0.25) is 0 Å². The fraction of sp³-hybridized carbons (Fsp3) is 0.583. The van der Waals surface area contributed by atoms with Crippen LogP contribution in [0.25, 0.3) is 0 Å². The van der Waals surface area contributed by atoms with Crippen LogP contribution in [0, 0.1) is 12.8 Å². The zero-order valence-corrected chi connectivity index (χ0v) is 22.3. The van der Waals surface area contributed by atoms with Crippen LogP contribution in [-0.2, 0) is 13.0 Å². The lowest BCUT2D eigenvalue weighted by Gasteiger charge is -2.31. The number of nitrogens with one attached hydrogen (secondary N) is 2. The number of hydrogen-bond donors (Lipinski definition) is 2. The number of benzene rings is 1. The zero-order chi connectivity index (χ0) is 21.2. The number of likely N-dealkylation sites (tertiary alicyclic amines) is 1. The molecule has 5 nitrogen and oxygen atoms in total. The molecular formula is C24H38IN5S. The molecule has 1 aliphatic heterocycles. The molecule has 0 radical (unpaired) electrons. The van der Waals surface area contributed by atoms with Crippen LogP contribution in [0.4, 0.5) is 0 Å². The molecule has 2 aromatic rings. The van der Waals surface area contributed by atoms with Gasteiger partial charge in [0.15, 0.2) is 5.96 Å². The molecule has 1 aromatic heterocycles. The summed E-state index contributed by atoms with van der Waals surface area (Å²) in [6.45, 7) is 11.5. The summed E-state index contributed by atoms with van der Waals surface area (Å²) in [4.78, 5) is 12.0. The molecular weight excluding hydrogens is 517 g/mol. The van der Waals surface area contributed by atoms with Crippen molar-refractivity contribution in [1.82, 2.24) is 20.5 Å². The zero-order valence-electron chi connectivity index (χ0n) is 19.1. The topological polar surface area (TPSA) is 52.6 Å². The molecule has 1 aliphatic rings. The highest BCUT2D eigenvalue weighted by atomic mass is 127. The van der Waals surface area contributed by atoms with Crippen LogP contribution in [-0.4, -0.2) is 48.1 Å². The van der Waals surface area contributed by atoms with Crippen LogP contribution >= 0.6 is 35.3 Å². The Kier molecular flexibility index (Phi) is 11.8. The van der Waals surface area contributed by atoms with Crippen LogP contribution in [0.15, 0.2) is 40.7 Å². The summed E-state index contributed by atoms with van der Waals surface area (Å²) < 4.78 is 0. The summed E-state index contributed by atoms with van der Waals surface area (Å²) in [6, 6.07) is 11.1. The smallest absolute Gasteiger partial charge is 0.191 e. The Morgan fingerprint density at radius 1 is 1.26 bits per heavy atom. The van der Waals surface area contributed by atoms with Gasteiger partial charge in [-0.15, -0.1) is 35.3 Å². The molecule has 0 aliphatic carbocycles. The molecule has 1 aromatic carbocycles. The van der Waals surface area contributed by atoms with Gasteiger partial charge in [0.1, 0.15) is 0 Å².